The maximum atomic E-state index is 10.5. The van der Waals surface area contributed by atoms with Gasteiger partial charge in [-0.25, -0.2) is 0 Å². The van der Waals surface area contributed by atoms with Crippen LogP contribution in [0, 0.1) is 0 Å². The van der Waals surface area contributed by atoms with Crippen LogP contribution in [0.3, 0.4) is 0 Å². The van der Waals surface area contributed by atoms with E-state index in [1.807, 2.05) is 94.5 Å². The van der Waals surface area contributed by atoms with Crippen LogP contribution >= 0.6 is 0 Å². The number of aliphatic hydroxyl groups excluding tert-OH is 1. The maximum Gasteiger partial charge on any atom is 0.161 e. The first-order valence-corrected chi connectivity index (χ1v) is 17.0. The van der Waals surface area contributed by atoms with E-state index in [-0.39, 0.29) is 23.7 Å². The molecule has 4 rings (SSSR count). The van der Waals surface area contributed by atoms with Gasteiger partial charge in [-0.3, -0.25) is 0 Å². The third-order valence-corrected chi connectivity index (χ3v) is 8.01. The molecule has 280 valence electrons. The van der Waals surface area contributed by atoms with Crippen LogP contribution < -0.4 is 28.4 Å². The molecule has 4 atom stereocenters. The van der Waals surface area contributed by atoms with E-state index in [1.165, 1.54) is 20.3 Å². The van der Waals surface area contributed by atoms with Crippen molar-refractivity contribution in [2.45, 2.75) is 59.0 Å². The third kappa shape index (κ3) is 11.1. The second-order valence-corrected chi connectivity index (χ2v) is 11.6. The van der Waals surface area contributed by atoms with Crippen LogP contribution in [0.25, 0.3) is 12.2 Å². The van der Waals surface area contributed by atoms with Crippen molar-refractivity contribution in [2.75, 3.05) is 35.0 Å². The first-order valence-electron chi connectivity index (χ1n) is 17.0. The number of ether oxygens (including phenoxy) is 7. The predicted molar refractivity (Wildman–Crippen MR) is 204 cm³/mol. The highest BCUT2D eigenvalue weighted by Crippen LogP contribution is 2.36. The molecule has 3 N–H and O–H groups in total. The molecule has 0 amide bonds. The molecule has 4 unspecified atom stereocenters. The standard InChI is InChI=1S/C22H28O5.C20H24O5/c1-6-8-16-9-12-19(21(13-16)25-5)27-15(3)22(26-7-2)17-10-11-18(23)20(14-17)24-4;1-5-6-14-7-10-17(19(11-14)24-4)25-13(2)20(22)15-8-9-16(21)18(12-15)23-3/h6,8-15,22-23H,7H2,1-5H3;5-13,20-22H,1-4H3/b8-6+;6-5+. The van der Waals surface area contributed by atoms with Gasteiger partial charge in [0.15, 0.2) is 46.0 Å². The predicted octanol–water partition coefficient (Wildman–Crippen LogP) is 8.93. The van der Waals surface area contributed by atoms with Crippen molar-refractivity contribution in [1.29, 1.82) is 0 Å². The summed E-state index contributed by atoms with van der Waals surface area (Å²) in [7, 11) is 6.18. The topological polar surface area (TPSA) is 125 Å². The molecule has 0 aliphatic heterocycles. The van der Waals surface area contributed by atoms with E-state index in [0.29, 0.717) is 46.7 Å². The van der Waals surface area contributed by atoms with E-state index in [4.69, 9.17) is 33.2 Å². The highest BCUT2D eigenvalue weighted by molar-refractivity contribution is 5.57. The van der Waals surface area contributed by atoms with Gasteiger partial charge in [-0.05, 0) is 105 Å². The van der Waals surface area contributed by atoms with Gasteiger partial charge in [-0.15, -0.1) is 0 Å². The minimum absolute atomic E-state index is 0.0215. The monoisotopic (exact) mass is 716 g/mol. The Morgan fingerprint density at radius 2 is 1.00 bits per heavy atom. The van der Waals surface area contributed by atoms with Gasteiger partial charge < -0.3 is 48.5 Å². The van der Waals surface area contributed by atoms with Crippen LogP contribution in [0.4, 0.5) is 0 Å². The summed E-state index contributed by atoms with van der Waals surface area (Å²) in [5.41, 5.74) is 3.50. The van der Waals surface area contributed by atoms with E-state index in [0.717, 1.165) is 16.7 Å². The minimum Gasteiger partial charge on any atom is -0.504 e. The number of aliphatic hydroxyl groups is 1. The second kappa shape index (κ2) is 20.5. The van der Waals surface area contributed by atoms with Crippen molar-refractivity contribution >= 4 is 12.2 Å². The second-order valence-electron chi connectivity index (χ2n) is 11.6. The number of rotatable bonds is 16. The zero-order chi connectivity index (χ0) is 38.2. The molecule has 0 radical (unpaired) electrons. The van der Waals surface area contributed by atoms with Crippen molar-refractivity contribution < 1.29 is 48.5 Å². The average Bonchev–Trinajstić information content (AvgIpc) is 3.15. The minimum atomic E-state index is -0.894. The van der Waals surface area contributed by atoms with Gasteiger partial charge in [0.1, 0.15) is 24.4 Å². The SMILES string of the molecule is C/C=C/c1ccc(OC(C)C(O)c2ccc(O)c(OC)c2)c(OC)c1.C/C=C/c1ccc(OC(C)C(OCC)c2ccc(O)c(OC)c2)c(OC)c1. The van der Waals surface area contributed by atoms with Gasteiger partial charge in [0, 0.05) is 6.61 Å². The Morgan fingerprint density at radius 1 is 0.558 bits per heavy atom. The summed E-state index contributed by atoms with van der Waals surface area (Å²) in [5.74, 6) is 3.27. The summed E-state index contributed by atoms with van der Waals surface area (Å²) >= 11 is 0. The molecule has 52 heavy (non-hydrogen) atoms. The van der Waals surface area contributed by atoms with Gasteiger partial charge in [0.05, 0.1) is 28.4 Å². The van der Waals surface area contributed by atoms with Gasteiger partial charge in [0.25, 0.3) is 0 Å². The molecule has 10 heteroatoms. The lowest BCUT2D eigenvalue weighted by molar-refractivity contribution is -0.0155. The van der Waals surface area contributed by atoms with Crippen molar-refractivity contribution in [2.24, 2.45) is 0 Å². The maximum absolute atomic E-state index is 10.5. The van der Waals surface area contributed by atoms with Crippen LogP contribution in [0.1, 0.15) is 69.1 Å². The lowest BCUT2D eigenvalue weighted by Crippen LogP contribution is -2.24. The smallest absolute Gasteiger partial charge is 0.161 e. The molecule has 0 aliphatic rings. The number of methoxy groups -OCH3 is 4. The molecule has 4 aromatic carbocycles. The van der Waals surface area contributed by atoms with Crippen LogP contribution in [0.15, 0.2) is 84.9 Å². The average molecular weight is 717 g/mol. The van der Waals surface area contributed by atoms with E-state index in [9.17, 15) is 15.3 Å². The van der Waals surface area contributed by atoms with Crippen molar-refractivity contribution in [3.05, 3.63) is 107 Å². The van der Waals surface area contributed by atoms with Crippen LogP contribution in [-0.2, 0) is 4.74 Å². The molecular formula is C42H52O10. The molecule has 0 saturated carbocycles. The number of phenols is 2. The van der Waals surface area contributed by atoms with Gasteiger partial charge in [0.2, 0.25) is 0 Å². The Balaban J connectivity index is 0.000000281. The first-order chi connectivity index (χ1) is 25.0. The lowest BCUT2D eigenvalue weighted by Gasteiger charge is -2.26. The van der Waals surface area contributed by atoms with E-state index in [2.05, 4.69) is 0 Å². The van der Waals surface area contributed by atoms with Crippen molar-refractivity contribution in [3.63, 3.8) is 0 Å². The van der Waals surface area contributed by atoms with Gasteiger partial charge >= 0.3 is 0 Å². The molecule has 0 bridgehead atoms. The van der Waals surface area contributed by atoms with Crippen molar-refractivity contribution in [1.82, 2.24) is 0 Å². The molecule has 0 saturated heterocycles. The summed E-state index contributed by atoms with van der Waals surface area (Å²) in [6.45, 7) is 10.1. The highest BCUT2D eigenvalue weighted by Gasteiger charge is 2.24. The fraction of sp³-hybridized carbons (Fsp3) is 0.333. The Labute approximate surface area is 307 Å². The normalized spacial score (nSPS) is 13.4. The Hall–Kier alpha value is -5.32. The van der Waals surface area contributed by atoms with E-state index in [1.54, 1.807) is 45.4 Å². The number of allylic oxidation sites excluding steroid dienone is 2. The number of hydrogen-bond acceptors (Lipinski definition) is 10. The van der Waals surface area contributed by atoms with Crippen LogP contribution in [-0.4, -0.2) is 62.6 Å². The zero-order valence-corrected chi connectivity index (χ0v) is 31.5. The zero-order valence-electron chi connectivity index (χ0n) is 31.5. The lowest BCUT2D eigenvalue weighted by atomic mass is 10.0. The van der Waals surface area contributed by atoms with E-state index >= 15 is 0 Å². The molecular weight excluding hydrogens is 664 g/mol. The highest BCUT2D eigenvalue weighted by atomic mass is 16.6. The summed E-state index contributed by atoms with van der Waals surface area (Å²) in [5, 5.41) is 30.1. The molecule has 10 nitrogen and oxygen atoms in total. The van der Waals surface area contributed by atoms with Crippen LogP contribution in [0.5, 0.6) is 46.0 Å². The van der Waals surface area contributed by atoms with Gasteiger partial charge in [-0.2, -0.15) is 0 Å². The molecule has 0 fully saturated rings. The molecule has 0 aromatic heterocycles. The Bertz CT molecular complexity index is 1770. The molecule has 4 aromatic rings. The number of benzene rings is 4. The van der Waals surface area contributed by atoms with Gasteiger partial charge in [-0.1, -0.05) is 48.6 Å². The number of hydrogen-bond donors (Lipinski definition) is 3. The van der Waals surface area contributed by atoms with Crippen LogP contribution in [0.2, 0.25) is 0 Å². The fourth-order valence-electron chi connectivity index (χ4n) is 5.38. The number of aromatic hydroxyl groups is 2. The third-order valence-electron chi connectivity index (χ3n) is 8.01. The summed E-state index contributed by atoms with van der Waals surface area (Å²) in [6, 6.07) is 21.3. The Kier molecular flexibility index (Phi) is 16.2. The first kappa shape index (κ1) is 41.1. The summed E-state index contributed by atoms with van der Waals surface area (Å²) in [6.07, 6.45) is 5.84. The van der Waals surface area contributed by atoms with E-state index < -0.39 is 12.2 Å². The Morgan fingerprint density at radius 3 is 1.44 bits per heavy atom. The molecule has 0 spiro atoms. The molecule has 0 aliphatic carbocycles. The summed E-state index contributed by atoms with van der Waals surface area (Å²) < 4.78 is 39.1. The number of phenolic OH excluding ortho intramolecular Hbond substituents is 2. The quantitative estimate of drug-likeness (QED) is 0.104. The summed E-state index contributed by atoms with van der Waals surface area (Å²) in [4.78, 5) is 0. The molecule has 0 heterocycles. The van der Waals surface area contributed by atoms with Crippen molar-refractivity contribution in [3.8, 4) is 46.0 Å². The largest absolute Gasteiger partial charge is 0.504 e. The fourth-order valence-corrected chi connectivity index (χ4v) is 5.38.